The van der Waals surface area contributed by atoms with Crippen LogP contribution in [-0.4, -0.2) is 10.5 Å². The third kappa shape index (κ3) is 2.83. The van der Waals surface area contributed by atoms with Crippen LogP contribution in [0.2, 0.25) is 10.0 Å². The summed E-state index contributed by atoms with van der Waals surface area (Å²) in [5, 5.41) is 3.68. The van der Waals surface area contributed by atoms with E-state index in [9.17, 15) is 9.59 Å². The maximum atomic E-state index is 12.5. The van der Waals surface area contributed by atoms with E-state index in [1.807, 2.05) is 12.1 Å². The van der Waals surface area contributed by atoms with Crippen molar-refractivity contribution in [3.05, 3.63) is 74.5 Å². The summed E-state index contributed by atoms with van der Waals surface area (Å²) in [5.41, 5.74) is 0.839. The number of halogens is 2. The van der Waals surface area contributed by atoms with Crippen molar-refractivity contribution in [1.82, 2.24) is 4.57 Å². The number of aryl methyl sites for hydroxylation is 1. The molecule has 0 aliphatic carbocycles. The molecule has 1 heterocycles. The Morgan fingerprint density at radius 1 is 1.09 bits per heavy atom. The molecule has 116 valence electrons. The molecule has 0 radical (unpaired) electrons. The highest BCUT2D eigenvalue weighted by Gasteiger charge is 2.16. The lowest BCUT2D eigenvalue weighted by atomic mass is 10.1. The highest BCUT2D eigenvalue weighted by Crippen LogP contribution is 2.29. The summed E-state index contributed by atoms with van der Waals surface area (Å²) in [6, 6.07) is 12.0. The lowest BCUT2D eigenvalue weighted by Gasteiger charge is -2.11. The summed E-state index contributed by atoms with van der Waals surface area (Å²) < 4.78 is 1.74. The van der Waals surface area contributed by atoms with Gasteiger partial charge in [-0.05, 0) is 24.3 Å². The molecule has 1 amide bonds. The maximum absolute atomic E-state index is 12.5. The fraction of sp³-hybridized carbons (Fsp3) is 0.0588. The minimum absolute atomic E-state index is 0.0437. The zero-order chi connectivity index (χ0) is 16.6. The van der Waals surface area contributed by atoms with Crippen molar-refractivity contribution in [2.75, 3.05) is 5.32 Å². The number of hydrogen-bond acceptors (Lipinski definition) is 2. The number of aromatic nitrogens is 1. The van der Waals surface area contributed by atoms with Gasteiger partial charge in [-0.15, -0.1) is 0 Å². The predicted molar refractivity (Wildman–Crippen MR) is 93.6 cm³/mol. The fourth-order valence-electron chi connectivity index (χ4n) is 2.39. The molecule has 4 nitrogen and oxygen atoms in total. The molecule has 23 heavy (non-hydrogen) atoms. The standard InChI is InChI=1S/C17H12Cl2N2O2/c1-21-9-11(16(22)10-5-2-3-8-14(10)21)17(23)20-13-7-4-6-12(18)15(13)19/h2-9H,1H3,(H,20,23). The van der Waals surface area contributed by atoms with E-state index >= 15 is 0 Å². The summed E-state index contributed by atoms with van der Waals surface area (Å²) >= 11 is 12.0. The molecule has 3 rings (SSSR count). The van der Waals surface area contributed by atoms with Gasteiger partial charge in [0.15, 0.2) is 0 Å². The number of pyridine rings is 1. The molecule has 0 saturated carbocycles. The smallest absolute Gasteiger partial charge is 0.261 e. The molecule has 2 aromatic carbocycles. The monoisotopic (exact) mass is 346 g/mol. The molecule has 0 bridgehead atoms. The molecule has 0 unspecified atom stereocenters. The minimum Gasteiger partial charge on any atom is -0.350 e. The van der Waals surface area contributed by atoms with E-state index in [4.69, 9.17) is 23.2 Å². The van der Waals surface area contributed by atoms with Crippen LogP contribution in [0.3, 0.4) is 0 Å². The largest absolute Gasteiger partial charge is 0.350 e. The van der Waals surface area contributed by atoms with Crippen LogP contribution in [-0.2, 0) is 7.05 Å². The zero-order valence-electron chi connectivity index (χ0n) is 12.1. The van der Waals surface area contributed by atoms with Crippen LogP contribution < -0.4 is 10.7 Å². The highest BCUT2D eigenvalue weighted by atomic mass is 35.5. The second kappa shape index (κ2) is 6.07. The number of para-hydroxylation sites is 1. The second-order valence-corrected chi connectivity index (χ2v) is 5.84. The number of fused-ring (bicyclic) bond motifs is 1. The van der Waals surface area contributed by atoms with Crippen LogP contribution in [0.25, 0.3) is 10.9 Å². The van der Waals surface area contributed by atoms with Gasteiger partial charge < -0.3 is 9.88 Å². The van der Waals surface area contributed by atoms with Crippen LogP contribution in [0.15, 0.2) is 53.5 Å². The van der Waals surface area contributed by atoms with Gasteiger partial charge in [-0.1, -0.05) is 41.4 Å². The molecule has 0 atom stereocenters. The third-order valence-electron chi connectivity index (χ3n) is 3.54. The first-order valence-electron chi connectivity index (χ1n) is 6.83. The van der Waals surface area contributed by atoms with E-state index in [0.717, 1.165) is 5.52 Å². The molecule has 0 saturated heterocycles. The number of benzene rings is 2. The summed E-state index contributed by atoms with van der Waals surface area (Å²) in [4.78, 5) is 25.0. The average molecular weight is 347 g/mol. The van der Waals surface area contributed by atoms with Crippen molar-refractivity contribution in [1.29, 1.82) is 0 Å². The first-order chi connectivity index (χ1) is 11.0. The number of hydrogen-bond donors (Lipinski definition) is 1. The normalized spacial score (nSPS) is 10.7. The number of carbonyl (C=O) groups excluding carboxylic acids is 1. The van der Waals surface area contributed by atoms with Crippen LogP contribution in [0.1, 0.15) is 10.4 Å². The van der Waals surface area contributed by atoms with Gasteiger partial charge in [0.25, 0.3) is 5.91 Å². The van der Waals surface area contributed by atoms with Crippen molar-refractivity contribution >= 4 is 45.7 Å². The Morgan fingerprint density at radius 2 is 1.83 bits per heavy atom. The van der Waals surface area contributed by atoms with Crippen molar-refractivity contribution in [3.8, 4) is 0 Å². The number of nitrogens with zero attached hydrogens (tertiary/aromatic N) is 1. The highest BCUT2D eigenvalue weighted by molar-refractivity contribution is 6.44. The molecule has 0 aliphatic heterocycles. The van der Waals surface area contributed by atoms with Crippen LogP contribution in [0.5, 0.6) is 0 Å². The summed E-state index contributed by atoms with van der Waals surface area (Å²) in [7, 11) is 1.78. The Kier molecular flexibility index (Phi) is 4.11. The van der Waals surface area contributed by atoms with Gasteiger partial charge in [-0.25, -0.2) is 0 Å². The van der Waals surface area contributed by atoms with Gasteiger partial charge in [0.1, 0.15) is 5.56 Å². The lowest BCUT2D eigenvalue weighted by Crippen LogP contribution is -2.23. The van der Waals surface area contributed by atoms with E-state index in [1.165, 1.54) is 6.20 Å². The molecular weight excluding hydrogens is 335 g/mol. The number of rotatable bonds is 2. The maximum Gasteiger partial charge on any atom is 0.261 e. The summed E-state index contributed by atoms with van der Waals surface area (Å²) in [6.45, 7) is 0. The minimum atomic E-state index is -0.527. The Hall–Kier alpha value is -2.30. The zero-order valence-corrected chi connectivity index (χ0v) is 13.7. The van der Waals surface area contributed by atoms with Crippen LogP contribution in [0, 0.1) is 0 Å². The topological polar surface area (TPSA) is 51.1 Å². The van der Waals surface area contributed by atoms with Crippen molar-refractivity contribution < 1.29 is 4.79 Å². The van der Waals surface area contributed by atoms with E-state index < -0.39 is 5.91 Å². The average Bonchev–Trinajstić information content (AvgIpc) is 2.55. The van der Waals surface area contributed by atoms with Gasteiger partial charge in [0.05, 0.1) is 21.2 Å². The number of nitrogens with one attached hydrogen (secondary N) is 1. The fourth-order valence-corrected chi connectivity index (χ4v) is 2.74. The van der Waals surface area contributed by atoms with E-state index in [1.54, 1.807) is 41.9 Å². The summed E-state index contributed by atoms with van der Waals surface area (Å²) in [6.07, 6.45) is 1.51. The quantitative estimate of drug-likeness (QED) is 0.759. The molecular formula is C17H12Cl2N2O2. The first-order valence-corrected chi connectivity index (χ1v) is 7.58. The van der Waals surface area contributed by atoms with Crippen LogP contribution in [0.4, 0.5) is 5.69 Å². The van der Waals surface area contributed by atoms with Crippen molar-refractivity contribution in [2.45, 2.75) is 0 Å². The van der Waals surface area contributed by atoms with Gasteiger partial charge in [0.2, 0.25) is 5.43 Å². The third-order valence-corrected chi connectivity index (χ3v) is 4.36. The molecule has 0 aliphatic rings. The van der Waals surface area contributed by atoms with Gasteiger partial charge in [-0.2, -0.15) is 0 Å². The molecule has 1 N–H and O–H groups in total. The molecule has 1 aromatic heterocycles. The van der Waals surface area contributed by atoms with E-state index in [2.05, 4.69) is 5.32 Å². The summed E-state index contributed by atoms with van der Waals surface area (Å²) in [5.74, 6) is -0.527. The SMILES string of the molecule is Cn1cc(C(=O)Nc2cccc(Cl)c2Cl)c(=O)c2ccccc21. The number of anilines is 1. The predicted octanol–water partition coefficient (Wildman–Crippen LogP) is 4.10. The molecule has 6 heteroatoms. The van der Waals surface area contributed by atoms with Crippen molar-refractivity contribution in [2.24, 2.45) is 7.05 Å². The molecule has 0 fully saturated rings. The van der Waals surface area contributed by atoms with Gasteiger partial charge >= 0.3 is 0 Å². The Balaban J connectivity index is 2.07. The number of amides is 1. The first kappa shape index (κ1) is 15.6. The number of carbonyl (C=O) groups is 1. The van der Waals surface area contributed by atoms with Crippen molar-refractivity contribution in [3.63, 3.8) is 0 Å². The van der Waals surface area contributed by atoms with Crippen LogP contribution >= 0.6 is 23.2 Å². The van der Waals surface area contributed by atoms with E-state index in [0.29, 0.717) is 16.1 Å². The lowest BCUT2D eigenvalue weighted by molar-refractivity contribution is 0.102. The second-order valence-electron chi connectivity index (χ2n) is 5.06. The Bertz CT molecular complexity index is 980. The molecule has 3 aromatic rings. The van der Waals surface area contributed by atoms with E-state index in [-0.39, 0.29) is 16.0 Å². The molecule has 0 spiro atoms. The van der Waals surface area contributed by atoms with Gasteiger partial charge in [0, 0.05) is 18.6 Å². The van der Waals surface area contributed by atoms with Gasteiger partial charge in [-0.3, -0.25) is 9.59 Å². The Morgan fingerprint density at radius 3 is 2.61 bits per heavy atom. The Labute approximate surface area is 142 Å².